The highest BCUT2D eigenvalue weighted by Crippen LogP contribution is 2.39. The predicted octanol–water partition coefficient (Wildman–Crippen LogP) is 1.09. The van der Waals surface area contributed by atoms with Crippen LogP contribution in [-0.2, 0) is 0 Å². The van der Waals surface area contributed by atoms with E-state index in [2.05, 4.69) is 5.32 Å². The van der Waals surface area contributed by atoms with Gasteiger partial charge in [0.05, 0.1) is 0 Å². The standard InChI is InChI=1S/C13H18F2N2O3.ClH/c14-13(15,8-18)12(17-5-3-16-4-6-17)9-1-2-10(19)11(20)7-9;/h1-2,7,12,16,18-20H,3-6,8H2;1H/t12-;/m1./s1. The lowest BCUT2D eigenvalue weighted by molar-refractivity contribution is -0.118. The molecule has 0 spiro atoms. The van der Waals surface area contributed by atoms with Gasteiger partial charge in [-0.2, -0.15) is 0 Å². The van der Waals surface area contributed by atoms with Gasteiger partial charge in [0.25, 0.3) is 5.92 Å². The highest BCUT2D eigenvalue weighted by molar-refractivity contribution is 5.85. The van der Waals surface area contributed by atoms with Crippen molar-refractivity contribution in [3.63, 3.8) is 0 Å². The van der Waals surface area contributed by atoms with Gasteiger partial charge in [0.2, 0.25) is 0 Å². The van der Waals surface area contributed by atoms with Gasteiger partial charge in [0, 0.05) is 26.2 Å². The zero-order chi connectivity index (χ0) is 14.8. The van der Waals surface area contributed by atoms with Gasteiger partial charge in [-0.1, -0.05) is 6.07 Å². The zero-order valence-corrected chi connectivity index (χ0v) is 12.1. The summed E-state index contributed by atoms with van der Waals surface area (Å²) in [4.78, 5) is 1.57. The van der Waals surface area contributed by atoms with Crippen LogP contribution in [0, 0.1) is 0 Å². The second-order valence-electron chi connectivity index (χ2n) is 4.86. The van der Waals surface area contributed by atoms with Crippen LogP contribution in [0.3, 0.4) is 0 Å². The van der Waals surface area contributed by atoms with Crippen LogP contribution < -0.4 is 5.32 Å². The Morgan fingerprint density at radius 3 is 2.33 bits per heavy atom. The average molecular weight is 325 g/mol. The van der Waals surface area contributed by atoms with E-state index < -0.39 is 24.3 Å². The summed E-state index contributed by atoms with van der Waals surface area (Å²) in [5, 5.41) is 30.8. The Morgan fingerprint density at radius 1 is 1.19 bits per heavy atom. The van der Waals surface area contributed by atoms with Crippen LogP contribution in [0.15, 0.2) is 18.2 Å². The molecule has 0 unspecified atom stereocenters. The van der Waals surface area contributed by atoms with Crippen molar-refractivity contribution in [2.75, 3.05) is 32.8 Å². The number of piperazine rings is 1. The predicted molar refractivity (Wildman–Crippen MR) is 76.2 cm³/mol. The van der Waals surface area contributed by atoms with E-state index in [-0.39, 0.29) is 23.7 Å². The van der Waals surface area contributed by atoms with E-state index in [1.54, 1.807) is 4.90 Å². The Bertz CT molecular complexity index is 471. The molecule has 0 aliphatic carbocycles. The van der Waals surface area contributed by atoms with Crippen molar-refractivity contribution in [2.24, 2.45) is 0 Å². The minimum absolute atomic E-state index is 0. The fourth-order valence-electron chi connectivity index (χ4n) is 2.46. The number of hydrogen-bond acceptors (Lipinski definition) is 5. The maximum absolute atomic E-state index is 14.1. The van der Waals surface area contributed by atoms with Gasteiger partial charge in [-0.05, 0) is 17.7 Å². The number of nitrogens with one attached hydrogen (secondary N) is 1. The van der Waals surface area contributed by atoms with E-state index in [1.807, 2.05) is 0 Å². The van der Waals surface area contributed by atoms with E-state index in [0.29, 0.717) is 26.2 Å². The molecule has 8 heteroatoms. The molecular weight excluding hydrogens is 306 g/mol. The maximum atomic E-state index is 14.1. The largest absolute Gasteiger partial charge is 0.504 e. The molecule has 1 aromatic carbocycles. The molecule has 1 fully saturated rings. The molecule has 0 radical (unpaired) electrons. The Kier molecular flexibility index (Phi) is 6.15. The van der Waals surface area contributed by atoms with Gasteiger partial charge in [-0.15, -0.1) is 12.4 Å². The number of phenolic OH excluding ortho intramolecular Hbond substituents is 2. The Morgan fingerprint density at radius 2 is 1.81 bits per heavy atom. The van der Waals surface area contributed by atoms with E-state index >= 15 is 0 Å². The minimum atomic E-state index is -3.33. The Labute approximate surface area is 127 Å². The van der Waals surface area contributed by atoms with E-state index in [0.717, 1.165) is 6.07 Å². The third-order valence-electron chi connectivity index (χ3n) is 3.44. The second-order valence-corrected chi connectivity index (χ2v) is 4.86. The van der Waals surface area contributed by atoms with Gasteiger partial charge in [-0.25, -0.2) is 8.78 Å². The summed E-state index contributed by atoms with van der Waals surface area (Å²) in [5.74, 6) is -4.14. The number of nitrogens with zero attached hydrogens (tertiary/aromatic N) is 1. The van der Waals surface area contributed by atoms with Gasteiger partial charge < -0.3 is 20.6 Å². The molecule has 4 N–H and O–H groups in total. The van der Waals surface area contributed by atoms with Crippen LogP contribution in [0.2, 0.25) is 0 Å². The van der Waals surface area contributed by atoms with Gasteiger partial charge in [0.1, 0.15) is 12.6 Å². The first-order valence-electron chi connectivity index (χ1n) is 6.41. The lowest BCUT2D eigenvalue weighted by Crippen LogP contribution is -2.51. The van der Waals surface area contributed by atoms with Crippen LogP contribution in [0.25, 0.3) is 0 Å². The van der Waals surface area contributed by atoms with Crippen LogP contribution in [0.1, 0.15) is 11.6 Å². The van der Waals surface area contributed by atoms with Crippen LogP contribution in [-0.4, -0.2) is 58.9 Å². The summed E-state index contributed by atoms with van der Waals surface area (Å²) in [7, 11) is 0. The summed E-state index contributed by atoms with van der Waals surface area (Å²) in [6.07, 6.45) is 0. The molecule has 0 bridgehead atoms. The summed E-state index contributed by atoms with van der Waals surface area (Å²) in [6.45, 7) is 0.733. The number of benzene rings is 1. The molecule has 0 aromatic heterocycles. The number of halogens is 3. The third-order valence-corrected chi connectivity index (χ3v) is 3.44. The summed E-state index contributed by atoms with van der Waals surface area (Å²) in [6, 6.07) is 2.30. The molecule has 1 saturated heterocycles. The molecule has 1 atom stereocenters. The Hall–Kier alpha value is -1.15. The fraction of sp³-hybridized carbons (Fsp3) is 0.538. The van der Waals surface area contributed by atoms with Crippen molar-refractivity contribution in [1.29, 1.82) is 0 Å². The fourth-order valence-corrected chi connectivity index (χ4v) is 2.46. The van der Waals surface area contributed by atoms with Crippen molar-refractivity contribution >= 4 is 12.4 Å². The first-order valence-corrected chi connectivity index (χ1v) is 6.41. The van der Waals surface area contributed by atoms with Crippen LogP contribution in [0.5, 0.6) is 11.5 Å². The monoisotopic (exact) mass is 324 g/mol. The molecule has 2 rings (SSSR count). The van der Waals surface area contributed by atoms with E-state index in [9.17, 15) is 19.0 Å². The smallest absolute Gasteiger partial charge is 0.289 e. The maximum Gasteiger partial charge on any atom is 0.289 e. The Balaban J connectivity index is 0.00000220. The molecular formula is C13H19ClF2N2O3. The summed E-state index contributed by atoms with van der Waals surface area (Å²) < 4.78 is 28.1. The molecule has 1 aliphatic heterocycles. The van der Waals surface area contributed by atoms with Gasteiger partial charge in [-0.3, -0.25) is 4.90 Å². The van der Waals surface area contributed by atoms with Crippen LogP contribution in [0.4, 0.5) is 8.78 Å². The van der Waals surface area contributed by atoms with Gasteiger partial charge >= 0.3 is 0 Å². The zero-order valence-electron chi connectivity index (χ0n) is 11.3. The molecule has 1 aliphatic rings. The molecule has 5 nitrogen and oxygen atoms in total. The lowest BCUT2D eigenvalue weighted by Gasteiger charge is -2.38. The number of aromatic hydroxyl groups is 2. The number of aliphatic hydroxyl groups is 1. The third kappa shape index (κ3) is 3.94. The second kappa shape index (κ2) is 7.22. The molecule has 1 aromatic rings. The molecule has 1 heterocycles. The summed E-state index contributed by atoms with van der Waals surface area (Å²) >= 11 is 0. The SMILES string of the molecule is Cl.OCC(F)(F)[C@@H](c1ccc(O)c(O)c1)N1CCNCC1. The topological polar surface area (TPSA) is 76.0 Å². The number of rotatable bonds is 4. The highest BCUT2D eigenvalue weighted by atomic mass is 35.5. The van der Waals surface area contributed by atoms with E-state index in [1.165, 1.54) is 12.1 Å². The number of alkyl halides is 2. The molecule has 0 saturated carbocycles. The molecule has 0 amide bonds. The summed E-state index contributed by atoms with van der Waals surface area (Å²) in [5.41, 5.74) is 0.168. The lowest BCUT2D eigenvalue weighted by atomic mass is 9.97. The van der Waals surface area contributed by atoms with E-state index in [4.69, 9.17) is 5.11 Å². The molecule has 120 valence electrons. The van der Waals surface area contributed by atoms with Crippen molar-refractivity contribution in [3.05, 3.63) is 23.8 Å². The van der Waals surface area contributed by atoms with Crippen LogP contribution >= 0.6 is 12.4 Å². The quantitative estimate of drug-likeness (QED) is 0.624. The highest BCUT2D eigenvalue weighted by Gasteiger charge is 2.44. The molecule has 21 heavy (non-hydrogen) atoms. The normalized spacial score (nSPS) is 18.0. The van der Waals surface area contributed by atoms with Crippen molar-refractivity contribution in [3.8, 4) is 11.5 Å². The van der Waals surface area contributed by atoms with Crippen molar-refractivity contribution in [1.82, 2.24) is 10.2 Å². The number of hydrogen-bond donors (Lipinski definition) is 4. The average Bonchev–Trinajstić information content (AvgIpc) is 2.44. The van der Waals surface area contributed by atoms with Crippen molar-refractivity contribution < 1.29 is 24.1 Å². The number of phenols is 2. The number of aliphatic hydroxyl groups excluding tert-OH is 1. The van der Waals surface area contributed by atoms with Crippen molar-refractivity contribution in [2.45, 2.75) is 12.0 Å². The minimum Gasteiger partial charge on any atom is -0.504 e. The first kappa shape index (κ1) is 17.9. The first-order chi connectivity index (χ1) is 9.45. The van der Waals surface area contributed by atoms with Gasteiger partial charge in [0.15, 0.2) is 11.5 Å².